The number of halogens is 1. The molecule has 2 N–H and O–H groups in total. The van der Waals surface area contributed by atoms with Gasteiger partial charge in [0.25, 0.3) is 0 Å². The zero-order valence-corrected chi connectivity index (χ0v) is 8.00. The molecule has 4 heteroatoms. The van der Waals surface area contributed by atoms with E-state index >= 15 is 0 Å². The summed E-state index contributed by atoms with van der Waals surface area (Å²) in [6.45, 7) is 1.42. The van der Waals surface area contributed by atoms with E-state index in [1.807, 2.05) is 23.0 Å². The molecular formula is C9H12ClN3. The fourth-order valence-corrected chi connectivity index (χ4v) is 1.33. The molecule has 1 aromatic carbocycles. The van der Waals surface area contributed by atoms with Crippen LogP contribution in [0.4, 0.5) is 0 Å². The van der Waals surface area contributed by atoms with Crippen molar-refractivity contribution in [2.24, 2.45) is 5.73 Å². The van der Waals surface area contributed by atoms with E-state index in [0.717, 1.165) is 12.1 Å². The van der Waals surface area contributed by atoms with Gasteiger partial charge in [0.1, 0.15) is 0 Å². The van der Waals surface area contributed by atoms with Gasteiger partial charge in [0.15, 0.2) is 0 Å². The van der Waals surface area contributed by atoms with E-state index in [9.17, 15) is 0 Å². The van der Waals surface area contributed by atoms with Gasteiger partial charge < -0.3 is 5.73 Å². The lowest BCUT2D eigenvalue weighted by molar-refractivity contribution is 0.646. The highest BCUT2D eigenvalue weighted by Crippen LogP contribution is 2.11. The second kappa shape index (κ2) is 4.25. The molecule has 0 fully saturated rings. The first-order chi connectivity index (χ1) is 5.92. The minimum Gasteiger partial charge on any atom is -0.329 e. The molecule has 0 aliphatic carbocycles. The molecule has 0 aliphatic heterocycles. The van der Waals surface area contributed by atoms with Gasteiger partial charge in [-0.25, -0.2) is 0 Å². The Kier molecular flexibility index (Phi) is 3.28. The number of hydrogen-bond acceptors (Lipinski definition) is 2. The van der Waals surface area contributed by atoms with Gasteiger partial charge in [-0.3, -0.25) is 4.68 Å². The monoisotopic (exact) mass is 197 g/mol. The number of benzene rings is 1. The minimum absolute atomic E-state index is 0. The van der Waals surface area contributed by atoms with Gasteiger partial charge in [-0.1, -0.05) is 18.2 Å². The first-order valence-corrected chi connectivity index (χ1v) is 4.02. The van der Waals surface area contributed by atoms with Crippen molar-refractivity contribution in [1.29, 1.82) is 0 Å². The molecule has 1 heterocycles. The molecule has 1 aromatic heterocycles. The van der Waals surface area contributed by atoms with Crippen LogP contribution in [0.1, 0.15) is 0 Å². The summed E-state index contributed by atoms with van der Waals surface area (Å²) in [7, 11) is 0. The van der Waals surface area contributed by atoms with Gasteiger partial charge in [0.2, 0.25) is 0 Å². The third-order valence-electron chi connectivity index (χ3n) is 1.89. The quantitative estimate of drug-likeness (QED) is 0.792. The highest BCUT2D eigenvalue weighted by molar-refractivity contribution is 5.85. The number of para-hydroxylation sites is 1. The average molecular weight is 198 g/mol. The largest absolute Gasteiger partial charge is 0.329 e. The van der Waals surface area contributed by atoms with Crippen LogP contribution < -0.4 is 5.73 Å². The molecule has 13 heavy (non-hydrogen) atoms. The van der Waals surface area contributed by atoms with Crippen molar-refractivity contribution >= 4 is 23.3 Å². The molecule has 0 radical (unpaired) electrons. The molecule has 0 saturated carbocycles. The summed E-state index contributed by atoms with van der Waals surface area (Å²) in [6, 6.07) is 8.13. The fraction of sp³-hybridized carbons (Fsp3) is 0.222. The van der Waals surface area contributed by atoms with Gasteiger partial charge in [-0.15, -0.1) is 12.4 Å². The Labute approximate surface area is 82.9 Å². The number of nitrogens with two attached hydrogens (primary N) is 1. The first-order valence-electron chi connectivity index (χ1n) is 4.02. The second-order valence-corrected chi connectivity index (χ2v) is 2.72. The van der Waals surface area contributed by atoms with Gasteiger partial charge >= 0.3 is 0 Å². The minimum atomic E-state index is 0. The maximum Gasteiger partial charge on any atom is 0.0682 e. The smallest absolute Gasteiger partial charge is 0.0682 e. The van der Waals surface area contributed by atoms with Crippen LogP contribution in [-0.4, -0.2) is 16.3 Å². The zero-order chi connectivity index (χ0) is 8.39. The Bertz CT molecular complexity index is 383. The molecule has 3 nitrogen and oxygen atoms in total. The lowest BCUT2D eigenvalue weighted by atomic mass is 10.3. The van der Waals surface area contributed by atoms with Crippen molar-refractivity contribution in [3.05, 3.63) is 30.5 Å². The molecule has 0 aliphatic rings. The predicted octanol–water partition coefficient (Wildman–Crippen LogP) is 1.42. The third-order valence-corrected chi connectivity index (χ3v) is 1.89. The van der Waals surface area contributed by atoms with Crippen LogP contribution in [0.2, 0.25) is 0 Å². The molecule has 0 unspecified atom stereocenters. The molecule has 2 rings (SSSR count). The average Bonchev–Trinajstić information content (AvgIpc) is 2.50. The van der Waals surface area contributed by atoms with Gasteiger partial charge in [0, 0.05) is 11.9 Å². The van der Waals surface area contributed by atoms with Crippen molar-refractivity contribution in [3.8, 4) is 0 Å². The highest BCUT2D eigenvalue weighted by atomic mass is 35.5. The molecule has 0 atom stereocenters. The van der Waals surface area contributed by atoms with Gasteiger partial charge in [-0.2, -0.15) is 5.10 Å². The van der Waals surface area contributed by atoms with Crippen molar-refractivity contribution in [2.45, 2.75) is 6.54 Å². The number of hydrogen-bond donors (Lipinski definition) is 1. The van der Waals surface area contributed by atoms with Crippen LogP contribution in [0.25, 0.3) is 10.9 Å². The van der Waals surface area contributed by atoms with Crippen LogP contribution in [0.5, 0.6) is 0 Å². The Balaban J connectivity index is 0.000000845. The number of aromatic nitrogens is 2. The Morgan fingerprint density at radius 1 is 1.31 bits per heavy atom. The van der Waals surface area contributed by atoms with E-state index < -0.39 is 0 Å². The lowest BCUT2D eigenvalue weighted by Crippen LogP contribution is -2.10. The van der Waals surface area contributed by atoms with E-state index in [1.165, 1.54) is 5.39 Å². The van der Waals surface area contributed by atoms with E-state index in [4.69, 9.17) is 5.73 Å². The summed E-state index contributed by atoms with van der Waals surface area (Å²) >= 11 is 0. The van der Waals surface area contributed by atoms with Crippen LogP contribution in [-0.2, 0) is 6.54 Å². The molecule has 2 aromatic rings. The van der Waals surface area contributed by atoms with E-state index in [2.05, 4.69) is 17.2 Å². The van der Waals surface area contributed by atoms with Crippen molar-refractivity contribution in [2.75, 3.05) is 6.54 Å². The lowest BCUT2D eigenvalue weighted by Gasteiger charge is -1.98. The fourth-order valence-electron chi connectivity index (χ4n) is 1.33. The SMILES string of the molecule is Cl.NCCn1ncc2ccccc21. The van der Waals surface area contributed by atoms with Crippen molar-refractivity contribution in [3.63, 3.8) is 0 Å². The predicted molar refractivity (Wildman–Crippen MR) is 56.0 cm³/mol. The summed E-state index contributed by atoms with van der Waals surface area (Å²) < 4.78 is 1.93. The maximum atomic E-state index is 5.45. The number of rotatable bonds is 2. The van der Waals surface area contributed by atoms with E-state index in [-0.39, 0.29) is 12.4 Å². The van der Waals surface area contributed by atoms with Crippen LogP contribution in [0.3, 0.4) is 0 Å². The normalized spacial score (nSPS) is 9.92. The first kappa shape index (κ1) is 10.0. The van der Waals surface area contributed by atoms with Crippen LogP contribution in [0, 0.1) is 0 Å². The van der Waals surface area contributed by atoms with E-state index in [0.29, 0.717) is 6.54 Å². The summed E-state index contributed by atoms with van der Waals surface area (Å²) in [5, 5.41) is 5.39. The van der Waals surface area contributed by atoms with Crippen molar-refractivity contribution in [1.82, 2.24) is 9.78 Å². The topological polar surface area (TPSA) is 43.8 Å². The molecule has 70 valence electrons. The summed E-state index contributed by atoms with van der Waals surface area (Å²) in [5.74, 6) is 0. The molecule has 0 amide bonds. The maximum absolute atomic E-state index is 5.45. The van der Waals surface area contributed by atoms with Gasteiger partial charge in [0.05, 0.1) is 18.3 Å². The Morgan fingerprint density at radius 2 is 2.08 bits per heavy atom. The van der Waals surface area contributed by atoms with Crippen LogP contribution in [0.15, 0.2) is 30.5 Å². The molecule has 0 saturated heterocycles. The number of nitrogens with zero attached hydrogens (tertiary/aromatic N) is 2. The zero-order valence-electron chi connectivity index (χ0n) is 7.18. The summed E-state index contributed by atoms with van der Waals surface area (Å²) in [4.78, 5) is 0. The number of fused-ring (bicyclic) bond motifs is 1. The van der Waals surface area contributed by atoms with Crippen LogP contribution >= 0.6 is 12.4 Å². The Hall–Kier alpha value is -1.06. The van der Waals surface area contributed by atoms with Crippen molar-refractivity contribution < 1.29 is 0 Å². The molecular weight excluding hydrogens is 186 g/mol. The summed E-state index contributed by atoms with van der Waals surface area (Å²) in [5.41, 5.74) is 6.61. The highest BCUT2D eigenvalue weighted by Gasteiger charge is 1.98. The standard InChI is InChI=1S/C9H11N3.ClH/c10-5-6-12-9-4-2-1-3-8(9)7-11-12;/h1-4,7H,5-6,10H2;1H. The molecule has 0 spiro atoms. The third kappa shape index (κ3) is 1.82. The summed E-state index contributed by atoms with van der Waals surface area (Å²) in [6.07, 6.45) is 1.87. The molecule has 0 bridgehead atoms. The van der Waals surface area contributed by atoms with Gasteiger partial charge in [-0.05, 0) is 6.07 Å². The Morgan fingerprint density at radius 3 is 2.85 bits per heavy atom. The van der Waals surface area contributed by atoms with E-state index in [1.54, 1.807) is 0 Å². The second-order valence-electron chi connectivity index (χ2n) is 2.72.